The summed E-state index contributed by atoms with van der Waals surface area (Å²) in [5.74, 6) is -0.0960. The fourth-order valence-corrected chi connectivity index (χ4v) is 3.74. The second-order valence-electron chi connectivity index (χ2n) is 9.10. The number of hydrogen-bond acceptors (Lipinski definition) is 3. The second-order valence-corrected chi connectivity index (χ2v) is 9.10. The van der Waals surface area contributed by atoms with E-state index >= 15 is 0 Å². The zero-order valence-electron chi connectivity index (χ0n) is 23.4. The highest BCUT2D eigenvalue weighted by Gasteiger charge is 2.15. The molecule has 0 heterocycles. The molecule has 38 heavy (non-hydrogen) atoms. The maximum atomic E-state index is 12.5. The van der Waals surface area contributed by atoms with Crippen molar-refractivity contribution in [3.05, 3.63) is 103 Å². The minimum absolute atomic E-state index is 0.0217. The van der Waals surface area contributed by atoms with Crippen LogP contribution in [0.25, 0.3) is 0 Å². The third-order valence-electron chi connectivity index (χ3n) is 6.00. The SMILES string of the molecule is CC/C=C\C/C=C\C/C=C\C/C=C\C/C=C\C/C=C\CC(CC)C(=O)CCCNC(=O)c1ccccc1O. The third-order valence-corrected chi connectivity index (χ3v) is 6.00. The van der Waals surface area contributed by atoms with Crippen LogP contribution in [0.2, 0.25) is 0 Å². The minimum Gasteiger partial charge on any atom is -0.507 e. The predicted octanol–water partition coefficient (Wildman–Crippen LogP) is 8.59. The number of rotatable bonds is 20. The number of Topliss-reactive ketones (excluding diaryl/α,β-unsaturated/α-hetero) is 1. The number of hydrogen-bond donors (Lipinski definition) is 2. The highest BCUT2D eigenvalue weighted by Crippen LogP contribution is 2.16. The highest BCUT2D eigenvalue weighted by atomic mass is 16.3. The van der Waals surface area contributed by atoms with Gasteiger partial charge >= 0.3 is 0 Å². The number of ketones is 1. The molecule has 206 valence electrons. The Morgan fingerprint density at radius 2 is 1.26 bits per heavy atom. The fraction of sp³-hybridized carbons (Fsp3) is 0.412. The van der Waals surface area contributed by atoms with Crippen molar-refractivity contribution in [1.82, 2.24) is 5.32 Å². The van der Waals surface area contributed by atoms with Crippen LogP contribution >= 0.6 is 0 Å². The monoisotopic (exact) mass is 517 g/mol. The summed E-state index contributed by atoms with van der Waals surface area (Å²) < 4.78 is 0. The van der Waals surface area contributed by atoms with Crippen molar-refractivity contribution in [2.75, 3.05) is 6.54 Å². The van der Waals surface area contributed by atoms with Crippen LogP contribution < -0.4 is 5.32 Å². The second kappa shape index (κ2) is 22.8. The van der Waals surface area contributed by atoms with Gasteiger partial charge in [0.05, 0.1) is 5.56 Å². The van der Waals surface area contributed by atoms with Gasteiger partial charge in [-0.15, -0.1) is 0 Å². The van der Waals surface area contributed by atoms with Gasteiger partial charge in [0.15, 0.2) is 0 Å². The number of aromatic hydroxyl groups is 1. The first kappa shape index (κ1) is 32.6. The summed E-state index contributed by atoms with van der Waals surface area (Å²) in [6.45, 7) is 4.60. The van der Waals surface area contributed by atoms with Gasteiger partial charge in [0.1, 0.15) is 11.5 Å². The van der Waals surface area contributed by atoms with Gasteiger partial charge in [0.25, 0.3) is 5.91 Å². The quantitative estimate of drug-likeness (QED) is 0.134. The van der Waals surface area contributed by atoms with Gasteiger partial charge in [-0.3, -0.25) is 9.59 Å². The lowest BCUT2D eigenvalue weighted by Crippen LogP contribution is -2.25. The molecule has 1 aromatic carbocycles. The van der Waals surface area contributed by atoms with E-state index in [1.807, 2.05) is 6.92 Å². The number of para-hydroxylation sites is 1. The summed E-state index contributed by atoms with van der Waals surface area (Å²) in [4.78, 5) is 24.6. The van der Waals surface area contributed by atoms with Crippen molar-refractivity contribution in [3.8, 4) is 5.75 Å². The molecular formula is C34H47NO3. The number of carbonyl (C=O) groups is 2. The normalized spacial score (nSPS) is 13.2. The number of carbonyl (C=O) groups excluding carboxylic acids is 2. The van der Waals surface area contributed by atoms with E-state index in [0.717, 1.165) is 51.4 Å². The van der Waals surface area contributed by atoms with Gasteiger partial charge < -0.3 is 10.4 Å². The molecule has 0 aliphatic carbocycles. The van der Waals surface area contributed by atoms with E-state index in [2.05, 4.69) is 85.2 Å². The molecule has 0 aromatic heterocycles. The van der Waals surface area contributed by atoms with Crippen LogP contribution in [-0.2, 0) is 4.79 Å². The Bertz CT molecular complexity index is 966. The van der Waals surface area contributed by atoms with Crippen molar-refractivity contribution < 1.29 is 14.7 Å². The van der Waals surface area contributed by atoms with Crippen molar-refractivity contribution in [2.45, 2.75) is 78.1 Å². The fourth-order valence-electron chi connectivity index (χ4n) is 3.74. The first-order chi connectivity index (χ1) is 18.6. The molecule has 1 amide bonds. The van der Waals surface area contributed by atoms with Crippen LogP contribution in [0, 0.1) is 5.92 Å². The Morgan fingerprint density at radius 3 is 1.76 bits per heavy atom. The van der Waals surface area contributed by atoms with Crippen molar-refractivity contribution in [3.63, 3.8) is 0 Å². The molecule has 0 bridgehead atoms. The van der Waals surface area contributed by atoms with Gasteiger partial charge in [-0.05, 0) is 69.9 Å². The van der Waals surface area contributed by atoms with Gasteiger partial charge in [-0.1, -0.05) is 98.9 Å². The largest absolute Gasteiger partial charge is 0.507 e. The van der Waals surface area contributed by atoms with Crippen molar-refractivity contribution >= 4 is 11.7 Å². The average Bonchev–Trinajstić information content (AvgIpc) is 2.92. The molecular weight excluding hydrogens is 470 g/mol. The molecule has 0 spiro atoms. The van der Waals surface area contributed by atoms with Gasteiger partial charge in [-0.2, -0.15) is 0 Å². The average molecular weight is 518 g/mol. The Hall–Kier alpha value is -3.40. The Balaban J connectivity index is 2.13. The summed E-state index contributed by atoms with van der Waals surface area (Å²) in [7, 11) is 0. The van der Waals surface area contributed by atoms with E-state index in [-0.39, 0.29) is 28.9 Å². The molecule has 0 aliphatic heterocycles. The van der Waals surface area contributed by atoms with E-state index < -0.39 is 0 Å². The molecule has 0 aliphatic rings. The standard InChI is InChI=1S/C34H47NO3/c1-3-5-6-7-8-9-10-11-12-13-14-15-16-17-18-19-20-21-25-30(4-2)32(36)28-24-29-35-34(38)31-26-22-23-27-33(31)37/h5-6,8-9,11-12,14-15,17-18,20-23,26-27,30,37H,3-4,7,10,13,16,19,24-25,28-29H2,1-2H3,(H,35,38)/b6-5-,9-8-,12-11-,15-14-,18-17-,21-20-. The van der Waals surface area contributed by atoms with Gasteiger partial charge in [0.2, 0.25) is 0 Å². The number of nitrogens with one attached hydrogen (secondary N) is 1. The zero-order chi connectivity index (χ0) is 27.7. The van der Waals surface area contributed by atoms with E-state index in [1.165, 1.54) is 6.07 Å². The topological polar surface area (TPSA) is 66.4 Å². The summed E-state index contributed by atoms with van der Waals surface area (Å²) in [6, 6.07) is 6.45. The molecule has 4 nitrogen and oxygen atoms in total. The molecule has 1 atom stereocenters. The highest BCUT2D eigenvalue weighted by molar-refractivity contribution is 5.96. The van der Waals surface area contributed by atoms with Crippen molar-refractivity contribution in [2.24, 2.45) is 5.92 Å². The summed E-state index contributed by atoms with van der Waals surface area (Å²) in [6.07, 6.45) is 34.6. The van der Waals surface area contributed by atoms with E-state index in [1.54, 1.807) is 18.2 Å². The van der Waals surface area contributed by atoms with Crippen LogP contribution in [0.4, 0.5) is 0 Å². The number of benzene rings is 1. The molecule has 2 N–H and O–H groups in total. The lowest BCUT2D eigenvalue weighted by Gasteiger charge is -2.12. The number of phenolic OH excluding ortho intramolecular Hbond substituents is 1. The van der Waals surface area contributed by atoms with Crippen LogP contribution in [-0.4, -0.2) is 23.3 Å². The maximum absolute atomic E-state index is 12.5. The molecule has 1 aromatic rings. The van der Waals surface area contributed by atoms with Crippen molar-refractivity contribution in [1.29, 1.82) is 0 Å². The van der Waals surface area contributed by atoms with E-state index in [0.29, 0.717) is 19.4 Å². The number of amides is 1. The molecule has 1 rings (SSSR count). The number of phenols is 1. The summed E-state index contributed by atoms with van der Waals surface area (Å²) in [5, 5.41) is 12.5. The Kier molecular flexibility index (Phi) is 19.6. The van der Waals surface area contributed by atoms with Crippen LogP contribution in [0.5, 0.6) is 5.75 Å². The molecule has 4 heteroatoms. The zero-order valence-corrected chi connectivity index (χ0v) is 23.4. The Labute approximate surface area is 230 Å². The van der Waals surface area contributed by atoms with Gasteiger partial charge in [0, 0.05) is 18.9 Å². The first-order valence-electron chi connectivity index (χ1n) is 14.1. The smallest absolute Gasteiger partial charge is 0.255 e. The van der Waals surface area contributed by atoms with E-state index in [4.69, 9.17) is 0 Å². The predicted molar refractivity (Wildman–Crippen MR) is 161 cm³/mol. The minimum atomic E-state index is -0.319. The third kappa shape index (κ3) is 16.4. The van der Waals surface area contributed by atoms with Crippen LogP contribution in [0.3, 0.4) is 0 Å². The molecule has 1 unspecified atom stereocenters. The molecule has 0 saturated heterocycles. The van der Waals surface area contributed by atoms with Crippen LogP contribution in [0.1, 0.15) is 88.4 Å². The molecule has 0 fully saturated rings. The lowest BCUT2D eigenvalue weighted by molar-refractivity contribution is -0.122. The molecule has 0 saturated carbocycles. The lowest BCUT2D eigenvalue weighted by atomic mass is 9.94. The summed E-state index contributed by atoms with van der Waals surface area (Å²) >= 11 is 0. The summed E-state index contributed by atoms with van der Waals surface area (Å²) in [5.41, 5.74) is 0.253. The van der Waals surface area contributed by atoms with E-state index in [9.17, 15) is 14.7 Å². The van der Waals surface area contributed by atoms with Crippen LogP contribution in [0.15, 0.2) is 97.2 Å². The van der Waals surface area contributed by atoms with Gasteiger partial charge in [-0.25, -0.2) is 0 Å². The Morgan fingerprint density at radius 1 is 0.763 bits per heavy atom. The molecule has 0 radical (unpaired) electrons. The first-order valence-corrected chi connectivity index (χ1v) is 14.1. The maximum Gasteiger partial charge on any atom is 0.255 e. The number of allylic oxidation sites excluding steroid dienone is 12.